The van der Waals surface area contributed by atoms with Crippen molar-refractivity contribution in [3.8, 4) is 5.75 Å². The Morgan fingerprint density at radius 1 is 1.46 bits per heavy atom. The van der Waals surface area contributed by atoms with Gasteiger partial charge in [-0.3, -0.25) is 9.63 Å². The molecule has 1 aromatic carbocycles. The van der Waals surface area contributed by atoms with Gasteiger partial charge in [0, 0.05) is 23.9 Å². The molecule has 0 atom stereocenters. The molecule has 0 aromatic heterocycles. The van der Waals surface area contributed by atoms with Gasteiger partial charge in [0.1, 0.15) is 5.75 Å². The van der Waals surface area contributed by atoms with Gasteiger partial charge in [0.15, 0.2) is 0 Å². The number of benzene rings is 1. The fourth-order valence-electron chi connectivity index (χ4n) is 0.790. The van der Waals surface area contributed by atoms with Gasteiger partial charge in [-0.2, -0.15) is 0 Å². The minimum atomic E-state index is -0.244. The number of ether oxygens (including phenoxy) is 1. The summed E-state index contributed by atoms with van der Waals surface area (Å²) in [5.41, 5.74) is 0.762. The molecule has 3 nitrogen and oxygen atoms in total. The van der Waals surface area contributed by atoms with E-state index in [-0.39, 0.29) is 5.97 Å². The second kappa shape index (κ2) is 4.72. The molecule has 0 unspecified atom stereocenters. The molecule has 0 aliphatic heterocycles. The zero-order valence-electron chi connectivity index (χ0n) is 7.21. The number of anilines is 1. The average molecular weight is 200 g/mol. The molecule has 0 amide bonds. The van der Waals surface area contributed by atoms with Crippen molar-refractivity contribution >= 4 is 23.4 Å². The Balaban J connectivity index is 2.64. The molecule has 1 N–H and O–H groups in total. The third-order valence-corrected chi connectivity index (χ3v) is 1.70. The molecule has 0 aliphatic carbocycles. The van der Waals surface area contributed by atoms with Gasteiger partial charge in [0.2, 0.25) is 0 Å². The van der Waals surface area contributed by atoms with Crippen LogP contribution >= 0.6 is 11.8 Å². The summed E-state index contributed by atoms with van der Waals surface area (Å²) in [5.74, 6) is 0.286. The minimum Gasteiger partial charge on any atom is -0.427 e. The number of carbonyl (C=O) groups is 1. The Morgan fingerprint density at radius 3 is 2.54 bits per heavy atom. The minimum absolute atomic E-state index is 0.244. The predicted molar refractivity (Wildman–Crippen MR) is 51.8 cm³/mol. The molecule has 0 saturated heterocycles. The maximum Gasteiger partial charge on any atom is 0.310 e. The van der Waals surface area contributed by atoms with Crippen molar-refractivity contribution in [2.75, 3.05) is 4.84 Å². The average Bonchev–Trinajstić information content (AvgIpc) is 2.19. The molecule has 0 radical (unpaired) electrons. The number of rotatable bonds is 3. The molecule has 1 aromatic rings. The van der Waals surface area contributed by atoms with E-state index in [9.17, 15) is 4.79 Å². The van der Waals surface area contributed by atoms with Crippen LogP contribution in [0.5, 0.6) is 5.75 Å². The summed E-state index contributed by atoms with van der Waals surface area (Å²) in [7, 11) is 0. The Kier molecular flexibility index (Phi) is 3.58. The second-order valence-corrected chi connectivity index (χ2v) is 2.64. The van der Waals surface area contributed by atoms with Gasteiger partial charge in [-0.05, 0) is 24.3 Å². The smallest absolute Gasteiger partial charge is 0.310 e. The predicted octanol–water partition coefficient (Wildman–Crippen LogP) is 2.57. The summed E-state index contributed by atoms with van der Waals surface area (Å²) in [4.78, 5) is 13.3. The van der Waals surface area contributed by atoms with Crippen LogP contribution in [0.15, 0.2) is 24.3 Å². The van der Waals surface area contributed by atoms with Crippen LogP contribution < -0.4 is 9.57 Å². The summed E-state index contributed by atoms with van der Waals surface area (Å²) in [6.45, 7) is 1.75. The van der Waals surface area contributed by atoms with Crippen LogP contribution in [0.3, 0.4) is 0 Å². The Hall–Kier alpha value is -1.22. The highest BCUT2D eigenvalue weighted by molar-refractivity contribution is 6.23. The lowest BCUT2D eigenvalue weighted by atomic mass is 10.3. The van der Waals surface area contributed by atoms with Gasteiger partial charge in [0.05, 0.1) is 0 Å². The Morgan fingerprint density at radius 2 is 2.08 bits per heavy atom. The first-order chi connectivity index (χ1) is 6.26. The molecular formula is C9H10ClNO2. The normalized spacial score (nSPS) is 9.38. The van der Waals surface area contributed by atoms with Crippen molar-refractivity contribution in [3.05, 3.63) is 24.3 Å². The highest BCUT2D eigenvalue weighted by Gasteiger charge is 2.00. The zero-order chi connectivity index (χ0) is 9.68. The number of hydrogen-bond acceptors (Lipinski definition) is 3. The van der Waals surface area contributed by atoms with Crippen LogP contribution in [0, 0.1) is 0 Å². The quantitative estimate of drug-likeness (QED) is 0.462. The van der Waals surface area contributed by atoms with Crippen molar-refractivity contribution in [2.45, 2.75) is 13.3 Å². The van der Waals surface area contributed by atoms with Crippen LogP contribution in [-0.4, -0.2) is 5.97 Å². The van der Waals surface area contributed by atoms with Crippen molar-refractivity contribution in [2.24, 2.45) is 0 Å². The molecule has 0 fully saturated rings. The van der Waals surface area contributed by atoms with Gasteiger partial charge in [-0.25, -0.2) is 0 Å². The molecule has 0 heterocycles. The second-order valence-electron chi connectivity index (χ2n) is 2.45. The highest BCUT2D eigenvalue weighted by Crippen LogP contribution is 2.16. The van der Waals surface area contributed by atoms with E-state index in [1.54, 1.807) is 31.2 Å². The van der Waals surface area contributed by atoms with E-state index in [0.717, 1.165) is 5.69 Å². The van der Waals surface area contributed by atoms with Crippen molar-refractivity contribution in [3.63, 3.8) is 0 Å². The number of carbonyl (C=O) groups excluding carboxylic acids is 1. The summed E-state index contributed by atoms with van der Waals surface area (Å²) < 4.78 is 4.95. The lowest BCUT2D eigenvalue weighted by Crippen LogP contribution is -2.05. The van der Waals surface area contributed by atoms with E-state index in [2.05, 4.69) is 4.84 Å². The first-order valence-electron chi connectivity index (χ1n) is 3.93. The number of halogens is 1. The topological polar surface area (TPSA) is 38.3 Å². The molecule has 0 bridgehead atoms. The van der Waals surface area contributed by atoms with E-state index in [4.69, 9.17) is 16.5 Å². The molecular weight excluding hydrogens is 190 g/mol. The monoisotopic (exact) mass is 199 g/mol. The van der Waals surface area contributed by atoms with Crippen molar-refractivity contribution in [1.29, 1.82) is 0 Å². The fraction of sp³-hybridized carbons (Fsp3) is 0.222. The summed E-state index contributed by atoms with van der Waals surface area (Å²) in [6, 6.07) is 6.81. The summed E-state index contributed by atoms with van der Waals surface area (Å²) in [6.07, 6.45) is 0.371. The molecule has 0 spiro atoms. The number of nitrogens with one attached hydrogen (secondary N) is 1. The molecule has 13 heavy (non-hydrogen) atoms. The van der Waals surface area contributed by atoms with Gasteiger partial charge in [0.25, 0.3) is 0 Å². The highest BCUT2D eigenvalue weighted by atomic mass is 35.5. The van der Waals surface area contributed by atoms with Gasteiger partial charge < -0.3 is 4.74 Å². The third-order valence-electron chi connectivity index (χ3n) is 1.48. The van der Waals surface area contributed by atoms with Gasteiger partial charge >= 0.3 is 5.97 Å². The molecule has 0 aliphatic rings. The lowest BCUT2D eigenvalue weighted by molar-refractivity contribution is -0.134. The fourth-order valence-corrected chi connectivity index (χ4v) is 0.916. The van der Waals surface area contributed by atoms with E-state index in [1.807, 2.05) is 0 Å². The molecule has 1 rings (SSSR count). The Labute approximate surface area is 81.8 Å². The maximum absolute atomic E-state index is 10.9. The Bertz CT molecular complexity index is 284. The van der Waals surface area contributed by atoms with E-state index >= 15 is 0 Å². The van der Waals surface area contributed by atoms with Crippen molar-refractivity contribution in [1.82, 2.24) is 0 Å². The third kappa shape index (κ3) is 2.95. The van der Waals surface area contributed by atoms with Crippen LogP contribution in [0.25, 0.3) is 0 Å². The van der Waals surface area contributed by atoms with E-state index in [1.165, 1.54) is 0 Å². The first kappa shape index (κ1) is 9.86. The van der Waals surface area contributed by atoms with E-state index in [0.29, 0.717) is 12.2 Å². The van der Waals surface area contributed by atoms with Crippen LogP contribution in [0.4, 0.5) is 5.69 Å². The van der Waals surface area contributed by atoms with Crippen LogP contribution in [0.2, 0.25) is 0 Å². The summed E-state index contributed by atoms with van der Waals surface area (Å²) >= 11 is 5.35. The van der Waals surface area contributed by atoms with Crippen molar-refractivity contribution < 1.29 is 9.53 Å². The van der Waals surface area contributed by atoms with Crippen LogP contribution in [0.1, 0.15) is 13.3 Å². The van der Waals surface area contributed by atoms with Gasteiger partial charge in [-0.15, -0.1) is 0 Å². The van der Waals surface area contributed by atoms with Crippen LogP contribution in [-0.2, 0) is 4.79 Å². The molecule has 70 valence electrons. The first-order valence-corrected chi connectivity index (χ1v) is 4.31. The SMILES string of the molecule is CCC(=O)Oc1ccc(NCl)cc1. The summed E-state index contributed by atoms with van der Waals surface area (Å²) in [5, 5.41) is 0. The standard InChI is InChI=1S/C9H10ClNO2/c1-2-9(12)13-8-5-3-7(11-10)4-6-8/h3-6,11H,2H2,1H3. The largest absolute Gasteiger partial charge is 0.427 e. The van der Waals surface area contributed by atoms with E-state index < -0.39 is 0 Å². The number of esters is 1. The molecule has 4 heteroatoms. The molecule has 0 saturated carbocycles. The maximum atomic E-state index is 10.9. The van der Waals surface area contributed by atoms with Gasteiger partial charge in [-0.1, -0.05) is 6.92 Å². The lowest BCUT2D eigenvalue weighted by Gasteiger charge is -2.02. The number of hydrogen-bond donors (Lipinski definition) is 1. The zero-order valence-corrected chi connectivity index (χ0v) is 7.97.